The summed E-state index contributed by atoms with van der Waals surface area (Å²) in [6.07, 6.45) is 3.33. The predicted octanol–water partition coefficient (Wildman–Crippen LogP) is 1.48. The highest BCUT2D eigenvalue weighted by molar-refractivity contribution is 7.99. The lowest BCUT2D eigenvalue weighted by Gasteiger charge is -2.06. The number of hydrogen-bond donors (Lipinski definition) is 2. The number of thioether (sulfide) groups is 1. The molecule has 0 amide bonds. The summed E-state index contributed by atoms with van der Waals surface area (Å²) >= 11 is 1.97. The van der Waals surface area contributed by atoms with E-state index in [2.05, 4.69) is 6.92 Å². The highest BCUT2D eigenvalue weighted by Gasteiger charge is 1.97. The average molecular weight is 191 g/mol. The largest absolute Gasteiger partial charge is 0.396 e. The topological polar surface area (TPSA) is 46.2 Å². The van der Waals surface area contributed by atoms with Crippen LogP contribution in [-0.4, -0.2) is 29.8 Å². The fourth-order valence-electron chi connectivity index (χ4n) is 0.845. The second-order valence-electron chi connectivity index (χ2n) is 3.20. The lowest BCUT2D eigenvalue weighted by atomic mass is 10.2. The van der Waals surface area contributed by atoms with Crippen molar-refractivity contribution < 1.29 is 5.11 Å². The molecule has 0 aromatic rings. The van der Waals surface area contributed by atoms with Gasteiger partial charge in [0.1, 0.15) is 0 Å². The Morgan fingerprint density at radius 1 is 1.33 bits per heavy atom. The number of aliphatic hydroxyl groups is 1. The van der Waals surface area contributed by atoms with Crippen LogP contribution in [0.5, 0.6) is 0 Å². The summed E-state index contributed by atoms with van der Waals surface area (Å²) in [6, 6.07) is 0. The molecule has 2 nitrogen and oxygen atoms in total. The van der Waals surface area contributed by atoms with Crippen LogP contribution in [0.4, 0.5) is 0 Å². The van der Waals surface area contributed by atoms with Crippen molar-refractivity contribution in [2.24, 2.45) is 11.7 Å². The van der Waals surface area contributed by atoms with E-state index in [0.29, 0.717) is 12.5 Å². The maximum atomic E-state index is 8.53. The molecule has 0 fully saturated rings. The Kier molecular flexibility index (Phi) is 9.57. The molecule has 0 aromatic carbocycles. The number of unbranched alkanes of at least 4 members (excludes halogenated alkanes) is 2. The van der Waals surface area contributed by atoms with Crippen molar-refractivity contribution in [1.82, 2.24) is 0 Å². The van der Waals surface area contributed by atoms with Gasteiger partial charge in [0.05, 0.1) is 0 Å². The number of hydrogen-bond acceptors (Lipinski definition) is 3. The van der Waals surface area contributed by atoms with E-state index in [9.17, 15) is 0 Å². The predicted molar refractivity (Wildman–Crippen MR) is 56.5 cm³/mol. The molecule has 0 saturated heterocycles. The quantitative estimate of drug-likeness (QED) is 0.571. The van der Waals surface area contributed by atoms with Crippen molar-refractivity contribution >= 4 is 11.8 Å². The first-order valence-electron chi connectivity index (χ1n) is 4.70. The maximum Gasteiger partial charge on any atom is 0.0431 e. The van der Waals surface area contributed by atoms with Gasteiger partial charge in [-0.1, -0.05) is 13.3 Å². The summed E-state index contributed by atoms with van der Waals surface area (Å²) in [6.45, 7) is 3.31. The zero-order valence-corrected chi connectivity index (χ0v) is 8.78. The van der Waals surface area contributed by atoms with Gasteiger partial charge in [0, 0.05) is 6.61 Å². The van der Waals surface area contributed by atoms with Crippen LogP contribution < -0.4 is 5.73 Å². The van der Waals surface area contributed by atoms with E-state index in [0.717, 1.165) is 19.4 Å². The van der Waals surface area contributed by atoms with Crippen LogP contribution in [0, 0.1) is 5.92 Å². The maximum absolute atomic E-state index is 8.53. The molecular formula is C9H21NOS. The van der Waals surface area contributed by atoms with Crippen LogP contribution >= 0.6 is 11.8 Å². The monoisotopic (exact) mass is 191 g/mol. The van der Waals surface area contributed by atoms with Gasteiger partial charge in [0.25, 0.3) is 0 Å². The Balaban J connectivity index is 2.90. The Bertz CT molecular complexity index is 90.6. The minimum Gasteiger partial charge on any atom is -0.396 e. The van der Waals surface area contributed by atoms with Gasteiger partial charge in [-0.2, -0.15) is 11.8 Å². The highest BCUT2D eigenvalue weighted by atomic mass is 32.2. The fraction of sp³-hybridized carbons (Fsp3) is 1.00. The summed E-state index contributed by atoms with van der Waals surface area (Å²) in [5.74, 6) is 3.04. The van der Waals surface area contributed by atoms with Gasteiger partial charge in [0.2, 0.25) is 0 Å². The SMILES string of the molecule is CC(CN)CSCCCCCO. The molecule has 0 saturated carbocycles. The molecule has 0 aliphatic heterocycles. The van der Waals surface area contributed by atoms with Crippen LogP contribution in [0.25, 0.3) is 0 Å². The minimum atomic E-state index is 0.337. The summed E-state index contributed by atoms with van der Waals surface area (Å²) in [4.78, 5) is 0. The molecule has 0 radical (unpaired) electrons. The van der Waals surface area contributed by atoms with Crippen molar-refractivity contribution in [2.45, 2.75) is 26.2 Å². The first-order chi connectivity index (χ1) is 5.81. The molecule has 1 atom stereocenters. The number of nitrogens with two attached hydrogens (primary N) is 1. The van der Waals surface area contributed by atoms with Crippen LogP contribution in [0.1, 0.15) is 26.2 Å². The molecule has 0 bridgehead atoms. The fourth-order valence-corrected chi connectivity index (χ4v) is 1.96. The van der Waals surface area contributed by atoms with Crippen LogP contribution in [0.3, 0.4) is 0 Å². The summed E-state index contributed by atoms with van der Waals surface area (Å²) < 4.78 is 0. The number of aliphatic hydroxyl groups excluding tert-OH is 1. The Morgan fingerprint density at radius 3 is 2.67 bits per heavy atom. The van der Waals surface area contributed by atoms with Gasteiger partial charge in [-0.25, -0.2) is 0 Å². The van der Waals surface area contributed by atoms with E-state index in [-0.39, 0.29) is 0 Å². The second kappa shape index (κ2) is 9.36. The van der Waals surface area contributed by atoms with E-state index < -0.39 is 0 Å². The summed E-state index contributed by atoms with van der Waals surface area (Å²) in [5, 5.41) is 8.53. The Hall–Kier alpha value is 0.270. The average Bonchev–Trinajstić information content (AvgIpc) is 2.10. The summed E-state index contributed by atoms with van der Waals surface area (Å²) in [5.41, 5.74) is 5.49. The number of rotatable bonds is 8. The van der Waals surface area contributed by atoms with Gasteiger partial charge in [0.15, 0.2) is 0 Å². The van der Waals surface area contributed by atoms with E-state index in [1.165, 1.54) is 17.9 Å². The van der Waals surface area contributed by atoms with Crippen LogP contribution in [0.2, 0.25) is 0 Å². The molecular weight excluding hydrogens is 170 g/mol. The normalized spacial score (nSPS) is 13.2. The van der Waals surface area contributed by atoms with Crippen molar-refractivity contribution in [3.8, 4) is 0 Å². The van der Waals surface area contributed by atoms with Gasteiger partial charge in [-0.3, -0.25) is 0 Å². The molecule has 0 aromatic heterocycles. The molecule has 74 valence electrons. The lowest BCUT2D eigenvalue weighted by Crippen LogP contribution is -2.12. The van der Waals surface area contributed by atoms with E-state index in [1.54, 1.807) is 0 Å². The first kappa shape index (κ1) is 12.3. The molecule has 0 aliphatic carbocycles. The Labute approximate surface area is 79.9 Å². The lowest BCUT2D eigenvalue weighted by molar-refractivity contribution is 0.284. The molecule has 1 unspecified atom stereocenters. The minimum absolute atomic E-state index is 0.337. The first-order valence-corrected chi connectivity index (χ1v) is 5.85. The van der Waals surface area contributed by atoms with Gasteiger partial charge in [-0.05, 0) is 36.8 Å². The molecule has 0 heterocycles. The van der Waals surface area contributed by atoms with Crippen molar-refractivity contribution in [2.75, 3.05) is 24.7 Å². The van der Waals surface area contributed by atoms with Crippen molar-refractivity contribution in [3.05, 3.63) is 0 Å². The van der Waals surface area contributed by atoms with Gasteiger partial charge < -0.3 is 10.8 Å². The third-order valence-electron chi connectivity index (χ3n) is 1.75. The molecule has 0 rings (SSSR count). The Morgan fingerprint density at radius 2 is 2.08 bits per heavy atom. The smallest absolute Gasteiger partial charge is 0.0431 e. The molecule has 3 heteroatoms. The van der Waals surface area contributed by atoms with Crippen LogP contribution in [0.15, 0.2) is 0 Å². The molecule has 3 N–H and O–H groups in total. The zero-order chi connectivity index (χ0) is 9.23. The van der Waals surface area contributed by atoms with E-state index in [4.69, 9.17) is 10.8 Å². The van der Waals surface area contributed by atoms with E-state index in [1.807, 2.05) is 11.8 Å². The zero-order valence-electron chi connectivity index (χ0n) is 7.96. The van der Waals surface area contributed by atoms with Crippen molar-refractivity contribution in [3.63, 3.8) is 0 Å². The van der Waals surface area contributed by atoms with Gasteiger partial charge in [-0.15, -0.1) is 0 Å². The second-order valence-corrected chi connectivity index (χ2v) is 4.35. The highest BCUT2D eigenvalue weighted by Crippen LogP contribution is 2.10. The van der Waals surface area contributed by atoms with E-state index >= 15 is 0 Å². The van der Waals surface area contributed by atoms with Gasteiger partial charge >= 0.3 is 0 Å². The third kappa shape index (κ3) is 8.37. The van der Waals surface area contributed by atoms with Crippen LogP contribution in [-0.2, 0) is 0 Å². The summed E-state index contributed by atoms with van der Waals surface area (Å²) in [7, 11) is 0. The molecule has 0 aliphatic rings. The standard InChI is InChI=1S/C9H21NOS/c1-9(7-10)8-12-6-4-2-3-5-11/h9,11H,2-8,10H2,1H3. The molecule has 0 spiro atoms. The molecule has 12 heavy (non-hydrogen) atoms. The third-order valence-corrected chi connectivity index (χ3v) is 3.13. The van der Waals surface area contributed by atoms with Crippen molar-refractivity contribution in [1.29, 1.82) is 0 Å².